The lowest BCUT2D eigenvalue weighted by Gasteiger charge is -2.26. The second-order valence-corrected chi connectivity index (χ2v) is 8.56. The summed E-state index contributed by atoms with van der Waals surface area (Å²) in [7, 11) is 1.47. The van der Waals surface area contributed by atoms with E-state index in [1.54, 1.807) is 18.2 Å². The van der Waals surface area contributed by atoms with Gasteiger partial charge < -0.3 is 25.0 Å². The van der Waals surface area contributed by atoms with E-state index >= 15 is 0 Å². The average molecular weight is 462 g/mol. The molecule has 4 rings (SSSR count). The zero-order chi connectivity index (χ0) is 24.3. The van der Waals surface area contributed by atoms with Crippen LogP contribution in [0.3, 0.4) is 0 Å². The summed E-state index contributed by atoms with van der Waals surface area (Å²) in [6, 6.07) is 19.6. The number of amides is 1. The summed E-state index contributed by atoms with van der Waals surface area (Å²) in [4.78, 5) is 25.3. The first-order chi connectivity index (χ1) is 16.3. The molecule has 0 radical (unpaired) electrons. The SMILES string of the molecule is COc1ccc(C(=O)NC2(C(=O)O)Cc3ccccc3C2)cc1C(O)COc1cccc(C)c1. The number of carbonyl (C=O) groups is 2. The van der Waals surface area contributed by atoms with Crippen LogP contribution in [0.25, 0.3) is 0 Å². The van der Waals surface area contributed by atoms with Gasteiger partial charge in [0.05, 0.1) is 7.11 Å². The molecular formula is C27H27NO6. The van der Waals surface area contributed by atoms with Crippen LogP contribution in [0, 0.1) is 6.92 Å². The molecular weight excluding hydrogens is 434 g/mol. The number of carbonyl (C=O) groups excluding carboxylic acids is 1. The first-order valence-corrected chi connectivity index (χ1v) is 11.0. The molecule has 0 bridgehead atoms. The third-order valence-electron chi connectivity index (χ3n) is 6.11. The summed E-state index contributed by atoms with van der Waals surface area (Å²) in [6.07, 6.45) is -0.646. The number of benzene rings is 3. The third kappa shape index (κ3) is 4.75. The first kappa shape index (κ1) is 23.3. The Balaban J connectivity index is 1.53. The number of aryl methyl sites for hydroxylation is 1. The highest BCUT2D eigenvalue weighted by molar-refractivity contribution is 5.98. The maximum Gasteiger partial charge on any atom is 0.330 e. The Hall–Kier alpha value is -3.84. The molecule has 1 aliphatic rings. The summed E-state index contributed by atoms with van der Waals surface area (Å²) in [6.45, 7) is 1.90. The van der Waals surface area contributed by atoms with Gasteiger partial charge in [0, 0.05) is 24.0 Å². The van der Waals surface area contributed by atoms with E-state index in [-0.39, 0.29) is 25.0 Å². The largest absolute Gasteiger partial charge is 0.496 e. The van der Waals surface area contributed by atoms with E-state index in [9.17, 15) is 19.8 Å². The van der Waals surface area contributed by atoms with Gasteiger partial charge in [0.15, 0.2) is 0 Å². The van der Waals surface area contributed by atoms with Crippen LogP contribution in [0.5, 0.6) is 11.5 Å². The highest BCUT2D eigenvalue weighted by Crippen LogP contribution is 2.32. The van der Waals surface area contributed by atoms with Crippen LogP contribution < -0.4 is 14.8 Å². The van der Waals surface area contributed by atoms with E-state index in [0.717, 1.165) is 16.7 Å². The molecule has 1 aliphatic carbocycles. The minimum Gasteiger partial charge on any atom is -0.496 e. The Morgan fingerprint density at radius 2 is 1.74 bits per heavy atom. The molecule has 0 fully saturated rings. The minimum absolute atomic E-state index is 0.0424. The number of hydrogen-bond donors (Lipinski definition) is 3. The molecule has 7 heteroatoms. The summed E-state index contributed by atoms with van der Waals surface area (Å²) in [5.74, 6) is -0.600. The Labute approximate surface area is 198 Å². The monoisotopic (exact) mass is 461 g/mol. The van der Waals surface area contributed by atoms with Crippen molar-refractivity contribution < 1.29 is 29.3 Å². The molecule has 7 nitrogen and oxygen atoms in total. The lowest BCUT2D eigenvalue weighted by Crippen LogP contribution is -2.55. The van der Waals surface area contributed by atoms with E-state index in [4.69, 9.17) is 9.47 Å². The zero-order valence-electron chi connectivity index (χ0n) is 19.1. The molecule has 1 atom stereocenters. The van der Waals surface area contributed by atoms with Crippen LogP contribution in [0.4, 0.5) is 0 Å². The summed E-state index contributed by atoms with van der Waals surface area (Å²) in [5, 5.41) is 23.5. The minimum atomic E-state index is -1.42. The van der Waals surface area contributed by atoms with E-state index in [1.165, 1.54) is 13.2 Å². The van der Waals surface area contributed by atoms with E-state index in [1.807, 2.05) is 49.4 Å². The van der Waals surface area contributed by atoms with Crippen molar-refractivity contribution in [1.29, 1.82) is 0 Å². The van der Waals surface area contributed by atoms with Crippen LogP contribution >= 0.6 is 0 Å². The fraction of sp³-hybridized carbons (Fsp3) is 0.259. The highest BCUT2D eigenvalue weighted by atomic mass is 16.5. The topological polar surface area (TPSA) is 105 Å². The fourth-order valence-corrected chi connectivity index (χ4v) is 4.30. The van der Waals surface area contributed by atoms with E-state index < -0.39 is 23.5 Å². The first-order valence-electron chi connectivity index (χ1n) is 11.0. The Morgan fingerprint density at radius 3 is 2.35 bits per heavy atom. The normalized spacial score (nSPS) is 14.7. The summed E-state index contributed by atoms with van der Waals surface area (Å²) in [5.41, 5.74) is 2.02. The molecule has 1 amide bonds. The van der Waals surface area contributed by atoms with Gasteiger partial charge in [0.25, 0.3) is 5.91 Å². The average Bonchev–Trinajstić information content (AvgIpc) is 3.21. The van der Waals surface area contributed by atoms with Crippen molar-refractivity contribution in [3.8, 4) is 11.5 Å². The van der Waals surface area contributed by atoms with E-state index in [0.29, 0.717) is 17.1 Å². The number of rotatable bonds is 8. The molecule has 0 heterocycles. The van der Waals surface area contributed by atoms with Gasteiger partial charge in [-0.05, 0) is 53.9 Å². The van der Waals surface area contributed by atoms with Crippen LogP contribution in [0.2, 0.25) is 0 Å². The lowest BCUT2D eigenvalue weighted by molar-refractivity contribution is -0.144. The standard InChI is InChI=1S/C27H27NO6/c1-17-6-5-9-21(12-17)34-16-23(29)22-13-18(10-11-24(22)33-2)25(30)28-27(26(31)32)14-19-7-3-4-8-20(19)15-27/h3-13,23,29H,14-16H2,1-2H3,(H,28,30)(H,31,32). The molecule has 3 aromatic carbocycles. The van der Waals surface area contributed by atoms with Crippen molar-refractivity contribution >= 4 is 11.9 Å². The van der Waals surface area contributed by atoms with Crippen molar-refractivity contribution in [3.05, 3.63) is 94.5 Å². The number of ether oxygens (including phenoxy) is 2. The van der Waals surface area contributed by atoms with Gasteiger partial charge in [0.2, 0.25) is 0 Å². The van der Waals surface area contributed by atoms with Crippen molar-refractivity contribution in [3.63, 3.8) is 0 Å². The van der Waals surface area contributed by atoms with Crippen molar-refractivity contribution in [2.24, 2.45) is 0 Å². The fourth-order valence-electron chi connectivity index (χ4n) is 4.30. The number of fused-ring (bicyclic) bond motifs is 1. The number of aliphatic carboxylic acids is 1. The number of carboxylic acids is 1. The lowest BCUT2D eigenvalue weighted by atomic mass is 9.94. The second kappa shape index (κ2) is 9.57. The van der Waals surface area contributed by atoms with Gasteiger partial charge in [-0.15, -0.1) is 0 Å². The van der Waals surface area contributed by atoms with Gasteiger partial charge in [0.1, 0.15) is 29.7 Å². The van der Waals surface area contributed by atoms with Crippen molar-refractivity contribution in [2.75, 3.05) is 13.7 Å². The van der Waals surface area contributed by atoms with E-state index in [2.05, 4.69) is 5.32 Å². The highest BCUT2D eigenvalue weighted by Gasteiger charge is 2.45. The van der Waals surface area contributed by atoms with Crippen molar-refractivity contribution in [1.82, 2.24) is 5.32 Å². The van der Waals surface area contributed by atoms with Gasteiger partial charge >= 0.3 is 5.97 Å². The van der Waals surface area contributed by atoms with Crippen molar-refractivity contribution in [2.45, 2.75) is 31.4 Å². The summed E-state index contributed by atoms with van der Waals surface area (Å²) < 4.78 is 11.1. The van der Waals surface area contributed by atoms with Gasteiger partial charge in [-0.25, -0.2) is 4.79 Å². The zero-order valence-corrected chi connectivity index (χ0v) is 19.1. The maximum absolute atomic E-state index is 13.1. The Morgan fingerprint density at radius 1 is 1.03 bits per heavy atom. The quantitative estimate of drug-likeness (QED) is 0.475. The Kier molecular flexibility index (Phi) is 6.56. The Bertz CT molecular complexity index is 1200. The molecule has 0 saturated carbocycles. The number of nitrogens with one attached hydrogen (secondary N) is 1. The number of carboxylic acid groups (broad SMARTS) is 1. The predicted molar refractivity (Wildman–Crippen MR) is 126 cm³/mol. The maximum atomic E-state index is 13.1. The van der Waals surface area contributed by atoms with Gasteiger partial charge in [-0.2, -0.15) is 0 Å². The number of hydrogen-bond acceptors (Lipinski definition) is 5. The molecule has 34 heavy (non-hydrogen) atoms. The van der Waals surface area contributed by atoms with Crippen LogP contribution in [-0.4, -0.2) is 41.3 Å². The predicted octanol–water partition coefficient (Wildman–Crippen LogP) is 3.47. The van der Waals surface area contributed by atoms with Crippen LogP contribution in [0.1, 0.15) is 38.7 Å². The molecule has 1 unspecified atom stereocenters. The second-order valence-electron chi connectivity index (χ2n) is 8.56. The number of aliphatic hydroxyl groups excluding tert-OH is 1. The number of methoxy groups -OCH3 is 1. The van der Waals surface area contributed by atoms with Crippen LogP contribution in [0.15, 0.2) is 66.7 Å². The third-order valence-corrected chi connectivity index (χ3v) is 6.11. The molecule has 176 valence electrons. The molecule has 0 aliphatic heterocycles. The van der Waals surface area contributed by atoms with Gasteiger partial charge in [-0.3, -0.25) is 4.79 Å². The van der Waals surface area contributed by atoms with Gasteiger partial charge in [-0.1, -0.05) is 36.4 Å². The smallest absolute Gasteiger partial charge is 0.330 e. The van der Waals surface area contributed by atoms with Crippen LogP contribution in [-0.2, 0) is 17.6 Å². The molecule has 0 spiro atoms. The molecule has 3 N–H and O–H groups in total. The number of aliphatic hydroxyl groups is 1. The molecule has 0 aromatic heterocycles. The molecule has 3 aromatic rings. The molecule has 0 saturated heterocycles. The summed E-state index contributed by atoms with van der Waals surface area (Å²) >= 11 is 0.